The first-order valence-electron chi connectivity index (χ1n) is 10.7. The first kappa shape index (κ1) is 21.2. The second-order valence-corrected chi connectivity index (χ2v) is 7.41. The van der Waals surface area contributed by atoms with E-state index in [-0.39, 0.29) is 0 Å². The molecule has 5 aromatic rings. The van der Waals surface area contributed by atoms with Gasteiger partial charge < -0.3 is 18.8 Å². The highest BCUT2D eigenvalue weighted by Crippen LogP contribution is 2.37. The number of hydrogen-bond acceptors (Lipinski definition) is 7. The van der Waals surface area contributed by atoms with E-state index in [0.29, 0.717) is 17.5 Å². The van der Waals surface area contributed by atoms with Crippen LogP contribution in [0.4, 0.5) is 17.1 Å². The molecule has 0 aliphatic rings. The van der Waals surface area contributed by atoms with Crippen LogP contribution in [0.2, 0.25) is 0 Å². The Bertz CT molecular complexity index is 1300. The van der Waals surface area contributed by atoms with Crippen molar-refractivity contribution in [1.29, 1.82) is 0 Å². The summed E-state index contributed by atoms with van der Waals surface area (Å²) in [6, 6.07) is 29.4. The molecule has 0 aliphatic carbocycles. The Morgan fingerprint density at radius 3 is 1.65 bits per heavy atom. The zero-order chi connectivity index (χ0) is 23.3. The Morgan fingerprint density at radius 2 is 1.15 bits per heavy atom. The second-order valence-electron chi connectivity index (χ2n) is 7.41. The molecule has 7 heteroatoms. The summed E-state index contributed by atoms with van der Waals surface area (Å²) in [5.74, 6) is 2.42. The molecule has 2 heterocycles. The largest absolute Gasteiger partial charge is 0.497 e. The quantitative estimate of drug-likeness (QED) is 0.289. The van der Waals surface area contributed by atoms with Crippen molar-refractivity contribution < 1.29 is 13.9 Å². The van der Waals surface area contributed by atoms with E-state index in [1.54, 1.807) is 20.4 Å². The van der Waals surface area contributed by atoms with Crippen molar-refractivity contribution >= 4 is 17.1 Å². The number of ether oxygens (including phenoxy) is 2. The molecule has 168 valence electrons. The molecule has 0 spiro atoms. The minimum Gasteiger partial charge on any atom is -0.497 e. The van der Waals surface area contributed by atoms with Crippen LogP contribution in [0.3, 0.4) is 0 Å². The molecule has 0 saturated carbocycles. The van der Waals surface area contributed by atoms with E-state index < -0.39 is 0 Å². The van der Waals surface area contributed by atoms with Gasteiger partial charge in [-0.05, 0) is 84.9 Å². The maximum atomic E-state index is 5.85. The minimum absolute atomic E-state index is 0.387. The summed E-state index contributed by atoms with van der Waals surface area (Å²) < 4.78 is 16.5. The lowest BCUT2D eigenvalue weighted by atomic mass is 10.1. The van der Waals surface area contributed by atoms with E-state index >= 15 is 0 Å². The standard InChI is InChI=1S/C27H22N4O3/c1-32-23-14-10-21(11-15-23)31(22-12-16-24(33-2)17-13-22)20-8-6-19(7-9-20)26-29-30-27(34-26)25-5-3-4-18-28-25/h3-18H,1-2H3. The van der Waals surface area contributed by atoms with Gasteiger partial charge in [-0.15, -0.1) is 10.2 Å². The van der Waals surface area contributed by atoms with E-state index in [9.17, 15) is 0 Å². The van der Waals surface area contributed by atoms with Crippen LogP contribution in [0, 0.1) is 0 Å². The molecule has 7 nitrogen and oxygen atoms in total. The maximum Gasteiger partial charge on any atom is 0.266 e. The van der Waals surface area contributed by atoms with Crippen molar-refractivity contribution in [2.75, 3.05) is 19.1 Å². The third-order valence-corrected chi connectivity index (χ3v) is 5.34. The molecule has 34 heavy (non-hydrogen) atoms. The van der Waals surface area contributed by atoms with Crippen LogP contribution < -0.4 is 14.4 Å². The number of benzene rings is 3. The third-order valence-electron chi connectivity index (χ3n) is 5.34. The first-order valence-corrected chi connectivity index (χ1v) is 10.7. The summed E-state index contributed by atoms with van der Waals surface area (Å²) >= 11 is 0. The van der Waals surface area contributed by atoms with Crippen LogP contribution in [0.15, 0.2) is 102 Å². The van der Waals surface area contributed by atoms with Crippen molar-refractivity contribution in [3.05, 3.63) is 97.2 Å². The van der Waals surface area contributed by atoms with Gasteiger partial charge in [-0.2, -0.15) is 0 Å². The van der Waals surface area contributed by atoms with Gasteiger partial charge in [0, 0.05) is 28.8 Å². The number of methoxy groups -OCH3 is 2. The highest BCUT2D eigenvalue weighted by Gasteiger charge is 2.15. The number of aromatic nitrogens is 3. The molecule has 0 amide bonds. The number of rotatable bonds is 7. The Kier molecular flexibility index (Phi) is 5.90. The molecule has 0 fully saturated rings. The number of anilines is 3. The molecule has 0 atom stereocenters. The summed E-state index contributed by atoms with van der Waals surface area (Å²) in [6.45, 7) is 0. The summed E-state index contributed by atoms with van der Waals surface area (Å²) in [4.78, 5) is 6.41. The van der Waals surface area contributed by atoms with Crippen molar-refractivity contribution in [3.63, 3.8) is 0 Å². The number of nitrogens with zero attached hydrogens (tertiary/aromatic N) is 4. The van der Waals surface area contributed by atoms with Crippen LogP contribution in [0.5, 0.6) is 11.5 Å². The van der Waals surface area contributed by atoms with Crippen molar-refractivity contribution in [2.45, 2.75) is 0 Å². The van der Waals surface area contributed by atoms with Gasteiger partial charge in [0.05, 0.1) is 14.2 Å². The van der Waals surface area contributed by atoms with Gasteiger partial charge in [-0.3, -0.25) is 4.98 Å². The van der Waals surface area contributed by atoms with Crippen molar-refractivity contribution in [2.24, 2.45) is 0 Å². The van der Waals surface area contributed by atoms with Gasteiger partial charge in [0.1, 0.15) is 17.2 Å². The highest BCUT2D eigenvalue weighted by atomic mass is 16.5. The molecule has 3 aromatic carbocycles. The predicted molar refractivity (Wildman–Crippen MR) is 131 cm³/mol. The van der Waals surface area contributed by atoms with Gasteiger partial charge in [0.15, 0.2) is 0 Å². The van der Waals surface area contributed by atoms with E-state index in [1.165, 1.54) is 0 Å². The normalized spacial score (nSPS) is 10.6. The predicted octanol–water partition coefficient (Wildman–Crippen LogP) is 6.29. The molecule has 0 aliphatic heterocycles. The topological polar surface area (TPSA) is 73.5 Å². The lowest BCUT2D eigenvalue weighted by molar-refractivity contribution is 0.415. The number of hydrogen-bond donors (Lipinski definition) is 0. The number of pyridine rings is 1. The Morgan fingerprint density at radius 1 is 0.618 bits per heavy atom. The molecule has 0 radical (unpaired) electrons. The average molecular weight is 450 g/mol. The fraction of sp³-hybridized carbons (Fsp3) is 0.0741. The summed E-state index contributed by atoms with van der Waals surface area (Å²) in [5, 5.41) is 8.33. The summed E-state index contributed by atoms with van der Waals surface area (Å²) in [6.07, 6.45) is 1.70. The first-order chi connectivity index (χ1) is 16.7. The van der Waals surface area contributed by atoms with E-state index in [1.807, 2.05) is 91.0 Å². The Hall–Kier alpha value is -4.65. The van der Waals surface area contributed by atoms with Gasteiger partial charge in [-0.25, -0.2) is 0 Å². The molecule has 5 rings (SSSR count). The summed E-state index contributed by atoms with van der Waals surface area (Å²) in [5.41, 5.74) is 4.43. The van der Waals surface area contributed by atoms with Crippen LogP contribution in [0.25, 0.3) is 23.0 Å². The maximum absolute atomic E-state index is 5.85. The zero-order valence-electron chi connectivity index (χ0n) is 18.8. The lowest BCUT2D eigenvalue weighted by Gasteiger charge is -2.25. The fourth-order valence-electron chi connectivity index (χ4n) is 3.60. The molecular weight excluding hydrogens is 428 g/mol. The third kappa shape index (κ3) is 4.31. The monoisotopic (exact) mass is 450 g/mol. The zero-order valence-corrected chi connectivity index (χ0v) is 18.8. The smallest absolute Gasteiger partial charge is 0.266 e. The van der Waals surface area contributed by atoms with Crippen LogP contribution in [-0.4, -0.2) is 29.4 Å². The molecule has 0 saturated heterocycles. The molecule has 0 N–H and O–H groups in total. The van der Waals surface area contributed by atoms with Crippen LogP contribution in [0.1, 0.15) is 0 Å². The lowest BCUT2D eigenvalue weighted by Crippen LogP contribution is -2.09. The van der Waals surface area contributed by atoms with Gasteiger partial charge in [0.25, 0.3) is 5.89 Å². The molecule has 0 bridgehead atoms. The van der Waals surface area contributed by atoms with Gasteiger partial charge in [0.2, 0.25) is 5.89 Å². The SMILES string of the molecule is COc1ccc(N(c2ccc(OC)cc2)c2ccc(-c3nnc(-c4ccccn4)o3)cc2)cc1. The van der Waals surface area contributed by atoms with Crippen molar-refractivity contribution in [3.8, 4) is 34.5 Å². The fourth-order valence-corrected chi connectivity index (χ4v) is 3.60. The Balaban J connectivity index is 1.48. The van der Waals surface area contributed by atoms with Crippen LogP contribution >= 0.6 is 0 Å². The molecular formula is C27H22N4O3. The minimum atomic E-state index is 0.387. The van der Waals surface area contributed by atoms with Gasteiger partial charge >= 0.3 is 0 Å². The summed E-state index contributed by atoms with van der Waals surface area (Å²) in [7, 11) is 3.32. The van der Waals surface area contributed by atoms with Crippen LogP contribution in [-0.2, 0) is 0 Å². The second kappa shape index (κ2) is 9.46. The van der Waals surface area contributed by atoms with Gasteiger partial charge in [-0.1, -0.05) is 6.07 Å². The Labute approximate surface area is 197 Å². The van der Waals surface area contributed by atoms with E-state index in [2.05, 4.69) is 20.1 Å². The van der Waals surface area contributed by atoms with Crippen molar-refractivity contribution in [1.82, 2.24) is 15.2 Å². The average Bonchev–Trinajstić information content (AvgIpc) is 3.41. The molecule has 0 unspecified atom stereocenters. The highest BCUT2D eigenvalue weighted by molar-refractivity contribution is 5.78. The van der Waals surface area contributed by atoms with E-state index in [4.69, 9.17) is 13.9 Å². The van der Waals surface area contributed by atoms with E-state index in [0.717, 1.165) is 34.1 Å². The molecule has 2 aromatic heterocycles.